The van der Waals surface area contributed by atoms with Crippen molar-refractivity contribution in [2.45, 2.75) is 78.8 Å². The number of hydrogen-bond donors (Lipinski definition) is 0. The first-order valence-electron chi connectivity index (χ1n) is 9.94. The molecule has 2 rings (SSSR count). The third-order valence-corrected chi connectivity index (χ3v) is 20.8. The molecule has 0 bridgehead atoms. The first-order valence-corrected chi connectivity index (χ1v) is 17.4. The van der Waals surface area contributed by atoms with Crippen molar-refractivity contribution in [2.24, 2.45) is 0 Å². The molecule has 0 aliphatic heterocycles. The summed E-state index contributed by atoms with van der Waals surface area (Å²) in [6, 6.07) is 5.30. The van der Waals surface area contributed by atoms with Gasteiger partial charge in [0.2, 0.25) is 0 Å². The van der Waals surface area contributed by atoms with Gasteiger partial charge in [0.05, 0.1) is 0 Å². The summed E-state index contributed by atoms with van der Waals surface area (Å²) >= 11 is -3.27. The van der Waals surface area contributed by atoms with Crippen LogP contribution in [0.5, 0.6) is 0 Å². The van der Waals surface area contributed by atoms with Crippen LogP contribution in [0.25, 0.3) is 5.65 Å². The van der Waals surface area contributed by atoms with E-state index < -0.39 is 30.2 Å². The molecular formula is C20H31F3N2Sn. The number of fused-ring (bicyclic) bond motifs is 1. The Labute approximate surface area is 159 Å². The maximum absolute atomic E-state index is 13.9. The monoisotopic (exact) mass is 476 g/mol. The van der Waals surface area contributed by atoms with Gasteiger partial charge in [0.15, 0.2) is 0 Å². The van der Waals surface area contributed by atoms with Crippen molar-refractivity contribution < 1.29 is 13.2 Å². The number of unbranched alkanes of at least 4 members (excludes halogenated alkanes) is 3. The Balaban J connectivity index is 2.71. The molecule has 0 spiro atoms. The summed E-state index contributed by atoms with van der Waals surface area (Å²) in [6.07, 6.45) is 3.61. The van der Waals surface area contributed by atoms with Gasteiger partial charge < -0.3 is 0 Å². The quantitative estimate of drug-likeness (QED) is 0.363. The average molecular weight is 475 g/mol. The van der Waals surface area contributed by atoms with Crippen LogP contribution in [0.15, 0.2) is 24.4 Å². The Bertz CT molecular complexity index is 672. The van der Waals surface area contributed by atoms with Crippen LogP contribution in [0.2, 0.25) is 13.3 Å². The van der Waals surface area contributed by atoms with Crippen molar-refractivity contribution >= 4 is 27.7 Å². The van der Waals surface area contributed by atoms with E-state index in [1.54, 1.807) is 22.7 Å². The van der Waals surface area contributed by atoms with Crippen molar-refractivity contribution in [1.82, 2.24) is 9.38 Å². The second-order valence-corrected chi connectivity index (χ2v) is 20.3. The van der Waals surface area contributed by atoms with Gasteiger partial charge in [-0.05, 0) is 0 Å². The van der Waals surface area contributed by atoms with Crippen LogP contribution in [-0.4, -0.2) is 27.8 Å². The molecule has 0 saturated carbocycles. The minimum absolute atomic E-state index is 0.445. The van der Waals surface area contributed by atoms with Gasteiger partial charge >= 0.3 is 159 Å². The summed E-state index contributed by atoms with van der Waals surface area (Å²) in [5.74, 6) is 0. The Morgan fingerprint density at radius 1 is 0.923 bits per heavy atom. The summed E-state index contributed by atoms with van der Waals surface area (Å²) in [5.41, 5.74) is -0.150. The standard InChI is InChI=1S/C8H4F3N2.3C4H9.Sn/c9-8(10,11)6-5-13-4-2-1-3-7(13)12-6;3*1-3-4-2;/h1-4H;3*1,3-4H2,2H3;. The molecule has 2 aromatic rings. The van der Waals surface area contributed by atoms with E-state index in [0.717, 1.165) is 51.8 Å². The van der Waals surface area contributed by atoms with Crippen molar-refractivity contribution in [3.63, 3.8) is 0 Å². The molecule has 0 saturated heterocycles. The predicted molar refractivity (Wildman–Crippen MR) is 105 cm³/mol. The van der Waals surface area contributed by atoms with E-state index in [2.05, 4.69) is 25.8 Å². The molecule has 0 atom stereocenters. The van der Waals surface area contributed by atoms with Crippen LogP contribution in [-0.2, 0) is 6.18 Å². The molecule has 0 aliphatic rings. The molecule has 0 N–H and O–H groups in total. The van der Waals surface area contributed by atoms with Crippen LogP contribution < -0.4 is 3.71 Å². The van der Waals surface area contributed by atoms with Crippen LogP contribution >= 0.6 is 0 Å². The number of halogens is 3. The summed E-state index contributed by atoms with van der Waals surface area (Å²) in [6.45, 7) is 6.40. The molecule has 2 nitrogen and oxygen atoms in total. The van der Waals surface area contributed by atoms with Gasteiger partial charge in [-0.2, -0.15) is 0 Å². The SMILES string of the molecule is CCC[CH2][Sn]([CH2]CCC)([CH2]CCC)[c]1c(C(F)(F)F)nc2ccccn12. The number of nitrogens with zero attached hydrogens (tertiary/aromatic N) is 2. The van der Waals surface area contributed by atoms with Gasteiger partial charge in [0, 0.05) is 0 Å². The number of alkyl halides is 3. The van der Waals surface area contributed by atoms with E-state index in [9.17, 15) is 13.2 Å². The van der Waals surface area contributed by atoms with Crippen LogP contribution in [0.1, 0.15) is 65.0 Å². The molecule has 0 aliphatic carbocycles. The molecule has 2 heterocycles. The zero-order chi connectivity index (χ0) is 19.2. The van der Waals surface area contributed by atoms with Gasteiger partial charge in [-0.3, -0.25) is 0 Å². The summed E-state index contributed by atoms with van der Waals surface area (Å²) in [4.78, 5) is 4.06. The number of imidazole rings is 1. The second-order valence-electron chi connectivity index (χ2n) is 7.33. The Morgan fingerprint density at radius 3 is 1.92 bits per heavy atom. The third-order valence-electron chi connectivity index (χ3n) is 5.33. The molecule has 0 amide bonds. The molecule has 0 unspecified atom stereocenters. The molecule has 26 heavy (non-hydrogen) atoms. The van der Waals surface area contributed by atoms with Crippen molar-refractivity contribution in [3.05, 3.63) is 30.1 Å². The normalized spacial score (nSPS) is 12.8. The fraction of sp³-hybridized carbons (Fsp3) is 0.650. The van der Waals surface area contributed by atoms with E-state index in [1.807, 2.05) is 6.07 Å². The molecule has 0 aromatic carbocycles. The summed E-state index contributed by atoms with van der Waals surface area (Å²) in [5, 5.41) is 0. The van der Waals surface area contributed by atoms with Gasteiger partial charge in [0.1, 0.15) is 0 Å². The van der Waals surface area contributed by atoms with Gasteiger partial charge in [-0.15, -0.1) is 0 Å². The first-order chi connectivity index (χ1) is 12.4. The Morgan fingerprint density at radius 2 is 1.46 bits per heavy atom. The zero-order valence-electron chi connectivity index (χ0n) is 16.2. The number of hydrogen-bond acceptors (Lipinski definition) is 1. The molecule has 146 valence electrons. The van der Waals surface area contributed by atoms with Crippen LogP contribution in [0.4, 0.5) is 13.2 Å². The number of pyridine rings is 1. The van der Waals surface area contributed by atoms with E-state index in [1.165, 1.54) is 0 Å². The van der Waals surface area contributed by atoms with E-state index in [0.29, 0.717) is 9.36 Å². The predicted octanol–water partition coefficient (Wildman–Crippen LogP) is 6.41. The molecule has 0 fully saturated rings. The van der Waals surface area contributed by atoms with Crippen molar-refractivity contribution in [3.8, 4) is 0 Å². The van der Waals surface area contributed by atoms with E-state index in [4.69, 9.17) is 0 Å². The summed E-state index contributed by atoms with van der Waals surface area (Å²) in [7, 11) is 0. The van der Waals surface area contributed by atoms with Gasteiger partial charge in [-0.1, -0.05) is 0 Å². The van der Waals surface area contributed by atoms with Crippen LogP contribution in [0.3, 0.4) is 0 Å². The fourth-order valence-corrected chi connectivity index (χ4v) is 21.0. The topological polar surface area (TPSA) is 17.3 Å². The number of rotatable bonds is 10. The van der Waals surface area contributed by atoms with Crippen molar-refractivity contribution in [2.75, 3.05) is 0 Å². The van der Waals surface area contributed by atoms with E-state index in [-0.39, 0.29) is 0 Å². The second kappa shape index (κ2) is 9.47. The molecule has 6 heteroatoms. The van der Waals surface area contributed by atoms with Gasteiger partial charge in [-0.25, -0.2) is 0 Å². The Kier molecular flexibility index (Phi) is 7.86. The maximum atomic E-state index is 13.9. The molecule has 2 aromatic heterocycles. The fourth-order valence-electron chi connectivity index (χ4n) is 3.98. The van der Waals surface area contributed by atoms with Crippen molar-refractivity contribution in [1.29, 1.82) is 0 Å². The number of aromatic nitrogens is 2. The summed E-state index contributed by atoms with van der Waals surface area (Å²) < 4.78 is 47.2. The van der Waals surface area contributed by atoms with Gasteiger partial charge in [0.25, 0.3) is 0 Å². The molecule has 0 radical (unpaired) electrons. The molecular weight excluding hydrogens is 444 g/mol. The van der Waals surface area contributed by atoms with Crippen LogP contribution in [0, 0.1) is 0 Å². The average Bonchev–Trinajstić information content (AvgIpc) is 3.02. The minimum atomic E-state index is -4.38. The van der Waals surface area contributed by atoms with E-state index >= 15 is 0 Å². The Hall–Kier alpha value is -0.721. The first kappa shape index (κ1) is 21.6. The zero-order valence-corrected chi connectivity index (χ0v) is 19.1. The third kappa shape index (κ3) is 4.76.